The Balaban J connectivity index is 1.70. The van der Waals surface area contributed by atoms with Crippen LogP contribution in [0.4, 0.5) is 13.2 Å². The molecule has 1 aliphatic carbocycles. The van der Waals surface area contributed by atoms with Gasteiger partial charge >= 0.3 is 12.1 Å². The first-order valence-electron chi connectivity index (χ1n) is 8.02. The molecule has 1 aliphatic rings. The van der Waals surface area contributed by atoms with Crippen LogP contribution in [-0.4, -0.2) is 17.0 Å². The molecule has 7 heteroatoms. The van der Waals surface area contributed by atoms with Crippen molar-refractivity contribution in [1.29, 1.82) is 0 Å². The van der Waals surface area contributed by atoms with Crippen molar-refractivity contribution in [2.45, 2.75) is 24.6 Å². The number of rotatable bonds is 5. The molecule has 0 aromatic heterocycles. The molecule has 1 amide bonds. The lowest BCUT2D eigenvalue weighted by atomic mass is 10.0. The van der Waals surface area contributed by atoms with Crippen LogP contribution in [0.3, 0.4) is 0 Å². The molecule has 136 valence electrons. The van der Waals surface area contributed by atoms with E-state index in [4.69, 9.17) is 0 Å². The van der Waals surface area contributed by atoms with Crippen molar-refractivity contribution in [3.8, 4) is 0 Å². The van der Waals surface area contributed by atoms with E-state index >= 15 is 0 Å². The molecule has 0 spiro atoms. The molecule has 0 radical (unpaired) electrons. The summed E-state index contributed by atoms with van der Waals surface area (Å²) in [6.07, 6.45) is -4.04. The van der Waals surface area contributed by atoms with E-state index in [-0.39, 0.29) is 5.92 Å². The zero-order valence-corrected chi connectivity index (χ0v) is 13.5. The summed E-state index contributed by atoms with van der Waals surface area (Å²) >= 11 is 0. The Kier molecular flexibility index (Phi) is 4.71. The number of carboxylic acids is 1. The van der Waals surface area contributed by atoms with Crippen molar-refractivity contribution in [2.24, 2.45) is 5.92 Å². The van der Waals surface area contributed by atoms with Gasteiger partial charge in [-0.3, -0.25) is 4.79 Å². The van der Waals surface area contributed by atoms with E-state index in [9.17, 15) is 27.9 Å². The monoisotopic (exact) mass is 363 g/mol. The lowest BCUT2D eigenvalue weighted by molar-refractivity contribution is -0.142. The second kappa shape index (κ2) is 6.82. The number of amides is 1. The second-order valence-corrected chi connectivity index (χ2v) is 6.26. The topological polar surface area (TPSA) is 66.4 Å². The van der Waals surface area contributed by atoms with Crippen LogP contribution < -0.4 is 5.32 Å². The van der Waals surface area contributed by atoms with Crippen molar-refractivity contribution in [2.75, 3.05) is 0 Å². The Morgan fingerprint density at radius 1 is 1.08 bits per heavy atom. The third-order valence-electron chi connectivity index (χ3n) is 4.44. The summed E-state index contributed by atoms with van der Waals surface area (Å²) in [5.74, 6) is -2.52. The van der Waals surface area contributed by atoms with Gasteiger partial charge in [0.2, 0.25) is 5.91 Å². The lowest BCUT2D eigenvalue weighted by Crippen LogP contribution is -2.35. The largest absolute Gasteiger partial charge is 0.479 e. The maximum Gasteiger partial charge on any atom is 0.416 e. The summed E-state index contributed by atoms with van der Waals surface area (Å²) < 4.78 is 38.4. The van der Waals surface area contributed by atoms with Crippen molar-refractivity contribution in [3.05, 3.63) is 71.3 Å². The van der Waals surface area contributed by atoms with Crippen LogP contribution in [0.2, 0.25) is 0 Å². The highest BCUT2D eigenvalue weighted by Crippen LogP contribution is 2.48. The molecule has 3 rings (SSSR count). The molecule has 26 heavy (non-hydrogen) atoms. The molecule has 0 heterocycles. The Morgan fingerprint density at radius 2 is 1.77 bits per heavy atom. The van der Waals surface area contributed by atoms with E-state index < -0.39 is 35.6 Å². The predicted molar refractivity (Wildman–Crippen MR) is 87.3 cm³/mol. The van der Waals surface area contributed by atoms with Gasteiger partial charge in [-0.1, -0.05) is 48.5 Å². The standard InChI is InChI=1S/C19H16F3NO3/c20-19(21,22)13-8-4-7-12(9-13)14-10-15(14)17(24)23-16(18(25)26)11-5-2-1-3-6-11/h1-9,14-16H,10H2,(H,23,24)(H,25,26). The van der Waals surface area contributed by atoms with E-state index in [0.29, 0.717) is 17.5 Å². The minimum absolute atomic E-state index is 0.331. The molecule has 2 aromatic carbocycles. The van der Waals surface area contributed by atoms with Crippen LogP contribution in [0.5, 0.6) is 0 Å². The van der Waals surface area contributed by atoms with Gasteiger partial charge < -0.3 is 10.4 Å². The molecule has 0 aliphatic heterocycles. The van der Waals surface area contributed by atoms with Gasteiger partial charge in [0.05, 0.1) is 5.56 Å². The predicted octanol–water partition coefficient (Wildman–Crippen LogP) is 3.75. The maximum atomic E-state index is 12.8. The van der Waals surface area contributed by atoms with Gasteiger partial charge in [-0.2, -0.15) is 13.2 Å². The Labute approximate surface area is 147 Å². The SMILES string of the molecule is O=C(O)C(NC(=O)C1CC1c1cccc(C(F)(F)F)c1)c1ccccc1. The number of alkyl halides is 3. The fraction of sp³-hybridized carbons (Fsp3) is 0.263. The Morgan fingerprint density at radius 3 is 2.38 bits per heavy atom. The van der Waals surface area contributed by atoms with Gasteiger partial charge in [0.25, 0.3) is 0 Å². The molecule has 0 bridgehead atoms. The number of aliphatic carboxylic acids is 1. The average molecular weight is 363 g/mol. The average Bonchev–Trinajstić information content (AvgIpc) is 3.40. The molecule has 2 N–H and O–H groups in total. The zero-order valence-electron chi connectivity index (χ0n) is 13.5. The molecule has 0 saturated heterocycles. The van der Waals surface area contributed by atoms with E-state index in [1.807, 2.05) is 0 Å². The highest BCUT2D eigenvalue weighted by atomic mass is 19.4. The van der Waals surface area contributed by atoms with Gasteiger partial charge in [0.1, 0.15) is 0 Å². The molecule has 1 fully saturated rings. The molecule has 3 unspecified atom stereocenters. The van der Waals surface area contributed by atoms with Crippen LogP contribution in [0.1, 0.15) is 35.1 Å². The van der Waals surface area contributed by atoms with Gasteiger partial charge in [0, 0.05) is 5.92 Å². The first kappa shape index (κ1) is 18.0. The van der Waals surface area contributed by atoms with Crippen LogP contribution in [0.15, 0.2) is 54.6 Å². The summed E-state index contributed by atoms with van der Waals surface area (Å²) in [6.45, 7) is 0. The molecular weight excluding hydrogens is 347 g/mol. The highest BCUT2D eigenvalue weighted by Gasteiger charge is 2.45. The Hall–Kier alpha value is -2.83. The first-order chi connectivity index (χ1) is 12.3. The zero-order chi connectivity index (χ0) is 18.9. The second-order valence-electron chi connectivity index (χ2n) is 6.26. The van der Waals surface area contributed by atoms with Gasteiger partial charge in [-0.05, 0) is 29.5 Å². The van der Waals surface area contributed by atoms with Gasteiger partial charge in [0.15, 0.2) is 6.04 Å². The highest BCUT2D eigenvalue weighted by molar-refractivity contribution is 5.88. The normalized spacial score (nSPS) is 20.3. The van der Waals surface area contributed by atoms with Crippen molar-refractivity contribution in [1.82, 2.24) is 5.32 Å². The van der Waals surface area contributed by atoms with Crippen LogP contribution in [0.25, 0.3) is 0 Å². The summed E-state index contributed by atoms with van der Waals surface area (Å²) in [7, 11) is 0. The minimum atomic E-state index is -4.44. The lowest BCUT2D eigenvalue weighted by Gasteiger charge is -2.15. The molecule has 1 saturated carbocycles. The number of carboxylic acid groups (broad SMARTS) is 1. The fourth-order valence-electron chi connectivity index (χ4n) is 2.98. The van der Waals surface area contributed by atoms with E-state index in [2.05, 4.69) is 5.32 Å². The summed E-state index contributed by atoms with van der Waals surface area (Å²) in [5, 5.41) is 11.8. The molecule has 3 atom stereocenters. The maximum absolute atomic E-state index is 12.8. The smallest absolute Gasteiger partial charge is 0.416 e. The number of carbonyl (C=O) groups is 2. The van der Waals surface area contributed by atoms with Crippen molar-refractivity contribution >= 4 is 11.9 Å². The quantitative estimate of drug-likeness (QED) is 0.850. The molecular formula is C19H16F3NO3. The van der Waals surface area contributed by atoms with Crippen molar-refractivity contribution in [3.63, 3.8) is 0 Å². The number of hydrogen-bond donors (Lipinski definition) is 2. The summed E-state index contributed by atoms with van der Waals surface area (Å²) in [4.78, 5) is 23.8. The first-order valence-corrected chi connectivity index (χ1v) is 8.02. The number of benzene rings is 2. The van der Waals surface area contributed by atoms with Gasteiger partial charge in [-0.25, -0.2) is 4.79 Å². The Bertz CT molecular complexity index is 820. The van der Waals surface area contributed by atoms with Crippen molar-refractivity contribution < 1.29 is 27.9 Å². The van der Waals surface area contributed by atoms with E-state index in [1.165, 1.54) is 6.07 Å². The molecule has 2 aromatic rings. The number of hydrogen-bond acceptors (Lipinski definition) is 2. The van der Waals surface area contributed by atoms with Crippen LogP contribution in [-0.2, 0) is 15.8 Å². The molecule has 4 nitrogen and oxygen atoms in total. The number of halogens is 3. The van der Waals surface area contributed by atoms with E-state index in [0.717, 1.165) is 12.1 Å². The fourth-order valence-corrected chi connectivity index (χ4v) is 2.98. The third kappa shape index (κ3) is 3.87. The van der Waals surface area contributed by atoms with Crippen LogP contribution in [0, 0.1) is 5.92 Å². The summed E-state index contributed by atoms with van der Waals surface area (Å²) in [5.41, 5.74) is 0.116. The number of nitrogens with one attached hydrogen (secondary N) is 1. The summed E-state index contributed by atoms with van der Waals surface area (Å²) in [6, 6.07) is 12.0. The van der Waals surface area contributed by atoms with Gasteiger partial charge in [-0.15, -0.1) is 0 Å². The third-order valence-corrected chi connectivity index (χ3v) is 4.44. The minimum Gasteiger partial charge on any atom is -0.479 e. The van der Waals surface area contributed by atoms with Crippen LogP contribution >= 0.6 is 0 Å². The number of carbonyl (C=O) groups excluding carboxylic acids is 1. The van der Waals surface area contributed by atoms with E-state index in [1.54, 1.807) is 36.4 Å².